The minimum atomic E-state index is -3.90. The Balaban J connectivity index is 1.39. The highest BCUT2D eigenvalue weighted by atomic mass is 32.2. The van der Waals surface area contributed by atoms with Crippen LogP contribution >= 0.6 is 0 Å². The van der Waals surface area contributed by atoms with Crippen LogP contribution < -0.4 is 11.3 Å². The highest BCUT2D eigenvalue weighted by Gasteiger charge is 2.32. The number of rotatable bonds is 4. The van der Waals surface area contributed by atoms with Crippen molar-refractivity contribution in [1.29, 1.82) is 0 Å². The molecule has 0 saturated carbocycles. The zero-order valence-electron chi connectivity index (χ0n) is 18.3. The molecule has 5 rings (SSSR count). The van der Waals surface area contributed by atoms with Gasteiger partial charge in [-0.15, -0.1) is 0 Å². The van der Waals surface area contributed by atoms with Gasteiger partial charge in [0.1, 0.15) is 11.2 Å². The van der Waals surface area contributed by atoms with E-state index in [4.69, 9.17) is 8.83 Å². The predicted octanol–water partition coefficient (Wildman–Crippen LogP) is 1.98. The van der Waals surface area contributed by atoms with Gasteiger partial charge in [-0.1, -0.05) is 0 Å². The Hall–Kier alpha value is -3.32. The standard InChI is InChI=1S/C23H20N2O8S2/c26-22-8-2-16-14-18(4-6-20(16)32-22)34(28,29)24-10-1-11-25(13-12-24)35(30,31)19-5-7-21-17(15-19)3-9-23(27)33-21/h2-9,14-15H,1,10-13H2. The number of fused-ring (bicyclic) bond motifs is 2. The van der Waals surface area contributed by atoms with Crippen LogP contribution in [0.1, 0.15) is 6.42 Å². The fourth-order valence-corrected chi connectivity index (χ4v) is 7.08. The molecule has 10 nitrogen and oxygen atoms in total. The topological polar surface area (TPSA) is 135 Å². The van der Waals surface area contributed by atoms with E-state index in [-0.39, 0.29) is 47.1 Å². The van der Waals surface area contributed by atoms with E-state index in [1.807, 2.05) is 0 Å². The summed E-state index contributed by atoms with van der Waals surface area (Å²) in [6, 6.07) is 13.9. The fourth-order valence-electron chi connectivity index (χ4n) is 4.07. The summed E-state index contributed by atoms with van der Waals surface area (Å²) < 4.78 is 65.8. The molecular weight excluding hydrogens is 496 g/mol. The van der Waals surface area contributed by atoms with Crippen LogP contribution in [0.15, 0.2) is 88.9 Å². The lowest BCUT2D eigenvalue weighted by Gasteiger charge is -2.22. The maximum atomic E-state index is 13.3. The number of hydrogen-bond acceptors (Lipinski definition) is 8. The summed E-state index contributed by atoms with van der Waals surface area (Å²) in [5.74, 6) is 0. The first kappa shape index (κ1) is 23.4. The van der Waals surface area contributed by atoms with Crippen LogP contribution in [0, 0.1) is 0 Å². The second-order valence-electron chi connectivity index (χ2n) is 8.07. The third-order valence-corrected chi connectivity index (χ3v) is 9.66. The maximum absolute atomic E-state index is 13.3. The molecule has 12 heteroatoms. The van der Waals surface area contributed by atoms with E-state index in [1.165, 1.54) is 69.3 Å². The molecule has 1 aliphatic heterocycles. The molecule has 2 aromatic heterocycles. The Morgan fingerprint density at radius 2 is 1.00 bits per heavy atom. The number of hydrogen-bond donors (Lipinski definition) is 0. The molecule has 35 heavy (non-hydrogen) atoms. The number of sulfonamides is 2. The summed E-state index contributed by atoms with van der Waals surface area (Å²) in [5, 5.41) is 0.939. The van der Waals surface area contributed by atoms with Crippen molar-refractivity contribution < 1.29 is 25.7 Å². The zero-order chi connectivity index (χ0) is 24.8. The SMILES string of the molecule is O=c1ccc2cc(S(=O)(=O)N3CCCN(S(=O)(=O)c4ccc5oc(=O)ccc5c4)CC3)ccc2o1. The molecule has 2 aromatic carbocycles. The largest absolute Gasteiger partial charge is 0.423 e. The van der Waals surface area contributed by atoms with Crippen LogP contribution in [-0.4, -0.2) is 51.6 Å². The lowest BCUT2D eigenvalue weighted by molar-refractivity contribution is 0.404. The van der Waals surface area contributed by atoms with Gasteiger partial charge in [0.05, 0.1) is 9.79 Å². The first-order valence-electron chi connectivity index (χ1n) is 10.7. The van der Waals surface area contributed by atoms with Gasteiger partial charge in [-0.3, -0.25) is 0 Å². The average Bonchev–Trinajstić information content (AvgIpc) is 3.11. The van der Waals surface area contributed by atoms with Crippen molar-refractivity contribution >= 4 is 42.0 Å². The van der Waals surface area contributed by atoms with E-state index >= 15 is 0 Å². The Bertz CT molecular complexity index is 1640. The van der Waals surface area contributed by atoms with Crippen LogP contribution in [0.3, 0.4) is 0 Å². The Kier molecular flexibility index (Phi) is 5.83. The summed E-state index contributed by atoms with van der Waals surface area (Å²) in [6.45, 7) is 0.260. The van der Waals surface area contributed by atoms with E-state index in [1.54, 1.807) is 0 Å². The quantitative estimate of drug-likeness (QED) is 0.376. The third-order valence-electron chi connectivity index (χ3n) is 5.87. The predicted molar refractivity (Wildman–Crippen MR) is 127 cm³/mol. The van der Waals surface area contributed by atoms with Crippen LogP contribution in [0.4, 0.5) is 0 Å². The lowest BCUT2D eigenvalue weighted by Crippen LogP contribution is -2.37. The van der Waals surface area contributed by atoms with Crippen molar-refractivity contribution in [3.63, 3.8) is 0 Å². The van der Waals surface area contributed by atoms with Crippen molar-refractivity contribution in [3.05, 3.63) is 81.5 Å². The maximum Gasteiger partial charge on any atom is 0.336 e. The van der Waals surface area contributed by atoms with Gasteiger partial charge in [0.2, 0.25) is 20.0 Å². The Morgan fingerprint density at radius 1 is 0.571 bits per heavy atom. The van der Waals surface area contributed by atoms with Crippen molar-refractivity contribution in [1.82, 2.24) is 8.61 Å². The zero-order valence-corrected chi connectivity index (χ0v) is 19.9. The van der Waals surface area contributed by atoms with E-state index in [9.17, 15) is 26.4 Å². The first-order valence-corrected chi connectivity index (χ1v) is 13.6. The summed E-state index contributed by atoms with van der Waals surface area (Å²) in [5.41, 5.74) is -0.505. The van der Waals surface area contributed by atoms with Gasteiger partial charge >= 0.3 is 11.3 Å². The monoisotopic (exact) mass is 516 g/mol. The van der Waals surface area contributed by atoms with Crippen molar-refractivity contribution in [3.8, 4) is 0 Å². The second-order valence-corrected chi connectivity index (χ2v) is 11.9. The number of benzene rings is 2. The van der Waals surface area contributed by atoms with E-state index in [0.29, 0.717) is 17.2 Å². The van der Waals surface area contributed by atoms with Gasteiger partial charge in [-0.05, 0) is 55.0 Å². The number of nitrogens with zero attached hydrogens (tertiary/aromatic N) is 2. The van der Waals surface area contributed by atoms with E-state index in [2.05, 4.69) is 0 Å². The summed E-state index contributed by atoms with van der Waals surface area (Å²) >= 11 is 0. The normalized spacial score (nSPS) is 16.5. The molecule has 0 amide bonds. The molecule has 1 saturated heterocycles. The summed E-state index contributed by atoms with van der Waals surface area (Å²) in [6.07, 6.45) is 0.309. The van der Waals surface area contributed by atoms with Crippen molar-refractivity contribution in [2.24, 2.45) is 0 Å². The molecule has 1 aliphatic rings. The highest BCUT2D eigenvalue weighted by Crippen LogP contribution is 2.25. The van der Waals surface area contributed by atoms with Crippen LogP contribution in [0.25, 0.3) is 21.9 Å². The van der Waals surface area contributed by atoms with Crippen molar-refractivity contribution in [2.75, 3.05) is 26.2 Å². The second kappa shape index (κ2) is 8.72. The van der Waals surface area contributed by atoms with E-state index < -0.39 is 31.3 Å². The van der Waals surface area contributed by atoms with Crippen molar-refractivity contribution in [2.45, 2.75) is 16.2 Å². The van der Waals surface area contributed by atoms with Gasteiger partial charge < -0.3 is 8.83 Å². The minimum absolute atomic E-state index is 0.0219. The third kappa shape index (κ3) is 4.41. The highest BCUT2D eigenvalue weighted by molar-refractivity contribution is 7.89. The van der Waals surface area contributed by atoms with Crippen LogP contribution in [0.5, 0.6) is 0 Å². The smallest absolute Gasteiger partial charge is 0.336 e. The average molecular weight is 517 g/mol. The van der Waals surface area contributed by atoms with E-state index in [0.717, 1.165) is 0 Å². The Labute approximate surface area is 200 Å². The van der Waals surface area contributed by atoms with Gasteiger partial charge in [-0.25, -0.2) is 26.4 Å². The molecule has 0 radical (unpaired) electrons. The first-order chi connectivity index (χ1) is 16.6. The molecule has 0 spiro atoms. The fraction of sp³-hybridized carbons (Fsp3) is 0.217. The molecule has 1 fully saturated rings. The molecular formula is C23H20N2O8S2. The molecule has 0 aliphatic carbocycles. The molecule has 0 N–H and O–H groups in total. The minimum Gasteiger partial charge on any atom is -0.423 e. The Morgan fingerprint density at radius 3 is 1.43 bits per heavy atom. The summed E-state index contributed by atoms with van der Waals surface area (Å²) in [7, 11) is -7.81. The molecule has 0 unspecified atom stereocenters. The molecule has 4 aromatic rings. The van der Waals surface area contributed by atoms with Gasteiger partial charge in [-0.2, -0.15) is 8.61 Å². The summed E-state index contributed by atoms with van der Waals surface area (Å²) in [4.78, 5) is 22.8. The molecule has 3 heterocycles. The molecule has 0 atom stereocenters. The molecule has 182 valence electrons. The van der Waals surface area contributed by atoms with Gasteiger partial charge in [0.25, 0.3) is 0 Å². The van der Waals surface area contributed by atoms with Gasteiger partial charge in [0, 0.05) is 49.1 Å². The lowest BCUT2D eigenvalue weighted by atomic mass is 10.2. The van der Waals surface area contributed by atoms with Crippen LogP contribution in [0.2, 0.25) is 0 Å². The van der Waals surface area contributed by atoms with Gasteiger partial charge in [0.15, 0.2) is 0 Å². The molecule has 0 bridgehead atoms. The van der Waals surface area contributed by atoms with Crippen LogP contribution in [-0.2, 0) is 20.0 Å².